The maximum Gasteiger partial charge on any atom is 0.149 e. The van der Waals surface area contributed by atoms with E-state index in [0.29, 0.717) is 0 Å². The van der Waals surface area contributed by atoms with Crippen molar-refractivity contribution in [1.29, 1.82) is 0 Å². The van der Waals surface area contributed by atoms with Crippen molar-refractivity contribution in [1.82, 2.24) is 4.90 Å². The van der Waals surface area contributed by atoms with E-state index in [9.17, 15) is 4.79 Å². The van der Waals surface area contributed by atoms with Gasteiger partial charge in [-0.2, -0.15) is 0 Å². The fourth-order valence-corrected chi connectivity index (χ4v) is 0.880. The third-order valence-electron chi connectivity index (χ3n) is 2.43. The zero-order valence-electron chi connectivity index (χ0n) is 7.56. The van der Waals surface area contributed by atoms with E-state index < -0.39 is 0 Å². The quantitative estimate of drug-likeness (QED) is 0.593. The number of rotatable bonds is 3. The lowest BCUT2D eigenvalue weighted by Gasteiger charge is -2.32. The SMILES string of the molecule is CCC(C)(C(C)=O)N(C)C. The van der Waals surface area contributed by atoms with Crippen LogP contribution in [0.1, 0.15) is 27.2 Å². The number of ketones is 1. The van der Waals surface area contributed by atoms with Crippen LogP contribution in [0.5, 0.6) is 0 Å². The molecule has 0 amide bonds. The summed E-state index contributed by atoms with van der Waals surface area (Å²) in [5.41, 5.74) is -0.264. The van der Waals surface area contributed by atoms with Crippen molar-refractivity contribution in [2.24, 2.45) is 0 Å². The zero-order valence-corrected chi connectivity index (χ0v) is 7.56. The molecule has 0 saturated heterocycles. The Morgan fingerprint density at radius 1 is 1.50 bits per heavy atom. The van der Waals surface area contributed by atoms with Crippen LogP contribution in [-0.4, -0.2) is 30.3 Å². The van der Waals surface area contributed by atoms with E-state index in [1.54, 1.807) is 6.92 Å². The highest BCUT2D eigenvalue weighted by Gasteiger charge is 2.29. The van der Waals surface area contributed by atoms with Gasteiger partial charge in [-0.15, -0.1) is 0 Å². The Bertz CT molecular complexity index is 131. The van der Waals surface area contributed by atoms with Gasteiger partial charge in [0.2, 0.25) is 0 Å². The van der Waals surface area contributed by atoms with Crippen molar-refractivity contribution >= 4 is 5.78 Å². The second-order valence-electron chi connectivity index (χ2n) is 3.08. The van der Waals surface area contributed by atoms with Crippen LogP contribution >= 0.6 is 0 Å². The molecule has 0 aromatic carbocycles. The Labute approximate surface area is 63.2 Å². The van der Waals surface area contributed by atoms with Crippen molar-refractivity contribution in [2.45, 2.75) is 32.7 Å². The largest absolute Gasteiger partial charge is 0.298 e. The van der Waals surface area contributed by atoms with E-state index in [1.165, 1.54) is 0 Å². The van der Waals surface area contributed by atoms with Crippen LogP contribution in [0.25, 0.3) is 0 Å². The van der Waals surface area contributed by atoms with Crippen LogP contribution < -0.4 is 0 Å². The van der Waals surface area contributed by atoms with Crippen molar-refractivity contribution in [3.63, 3.8) is 0 Å². The summed E-state index contributed by atoms with van der Waals surface area (Å²) in [6, 6.07) is 0. The predicted octanol–water partition coefficient (Wildman–Crippen LogP) is 1.31. The molecule has 1 atom stereocenters. The minimum Gasteiger partial charge on any atom is -0.298 e. The summed E-state index contributed by atoms with van der Waals surface area (Å²) in [6.07, 6.45) is 0.870. The van der Waals surface area contributed by atoms with Gasteiger partial charge < -0.3 is 0 Å². The second-order valence-corrected chi connectivity index (χ2v) is 3.08. The molecule has 0 aromatic heterocycles. The molecule has 0 heterocycles. The number of hydrogen-bond donors (Lipinski definition) is 0. The standard InChI is InChI=1S/C8H17NO/c1-6-8(3,7(2)10)9(4)5/h6H2,1-5H3. The van der Waals surface area contributed by atoms with E-state index in [2.05, 4.69) is 0 Å². The lowest BCUT2D eigenvalue weighted by molar-refractivity contribution is -0.126. The normalized spacial score (nSPS) is 17.0. The number of Topliss-reactive ketones (excluding diaryl/α,β-unsaturated/α-hetero) is 1. The molecule has 1 unspecified atom stereocenters. The first kappa shape index (κ1) is 9.63. The summed E-state index contributed by atoms with van der Waals surface area (Å²) in [5, 5.41) is 0. The molecule has 0 bridgehead atoms. The number of carbonyl (C=O) groups is 1. The average molecular weight is 143 g/mol. The monoisotopic (exact) mass is 143 g/mol. The van der Waals surface area contributed by atoms with Gasteiger partial charge in [0.25, 0.3) is 0 Å². The first-order valence-electron chi connectivity index (χ1n) is 3.63. The minimum absolute atomic E-state index is 0.236. The van der Waals surface area contributed by atoms with Crippen molar-refractivity contribution in [3.8, 4) is 0 Å². The highest BCUT2D eigenvalue weighted by Crippen LogP contribution is 2.16. The number of likely N-dealkylation sites (N-methyl/N-ethyl adjacent to an activating group) is 1. The molecule has 0 aliphatic heterocycles. The Hall–Kier alpha value is -0.370. The fourth-order valence-electron chi connectivity index (χ4n) is 0.880. The lowest BCUT2D eigenvalue weighted by atomic mass is 9.93. The van der Waals surface area contributed by atoms with E-state index in [1.807, 2.05) is 32.8 Å². The van der Waals surface area contributed by atoms with Gasteiger partial charge >= 0.3 is 0 Å². The molecule has 0 N–H and O–H groups in total. The highest BCUT2D eigenvalue weighted by atomic mass is 16.1. The molecule has 0 spiro atoms. The van der Waals surface area contributed by atoms with Crippen molar-refractivity contribution < 1.29 is 4.79 Å². The summed E-state index contributed by atoms with van der Waals surface area (Å²) >= 11 is 0. The summed E-state index contributed by atoms with van der Waals surface area (Å²) in [4.78, 5) is 13.1. The molecule has 0 aliphatic rings. The van der Waals surface area contributed by atoms with Crippen molar-refractivity contribution in [3.05, 3.63) is 0 Å². The highest BCUT2D eigenvalue weighted by molar-refractivity contribution is 5.85. The van der Waals surface area contributed by atoms with Gasteiger partial charge in [0.1, 0.15) is 5.78 Å². The smallest absolute Gasteiger partial charge is 0.149 e. The predicted molar refractivity (Wildman–Crippen MR) is 43.1 cm³/mol. The van der Waals surface area contributed by atoms with Crippen LogP contribution in [0.2, 0.25) is 0 Å². The molecule has 60 valence electrons. The summed E-state index contributed by atoms with van der Waals surface area (Å²) in [5.74, 6) is 0.236. The maximum atomic E-state index is 11.1. The molecule has 0 rings (SSSR count). The Balaban J connectivity index is 4.38. The third kappa shape index (κ3) is 1.57. The molecule has 2 nitrogen and oxygen atoms in total. The molecule has 0 fully saturated rings. The Morgan fingerprint density at radius 2 is 1.90 bits per heavy atom. The topological polar surface area (TPSA) is 20.3 Å². The molecular weight excluding hydrogens is 126 g/mol. The lowest BCUT2D eigenvalue weighted by Crippen LogP contribution is -2.46. The van der Waals surface area contributed by atoms with E-state index in [4.69, 9.17) is 0 Å². The van der Waals surface area contributed by atoms with Gasteiger partial charge in [0.15, 0.2) is 0 Å². The molecule has 0 radical (unpaired) electrons. The van der Waals surface area contributed by atoms with Crippen LogP contribution in [0.4, 0.5) is 0 Å². The van der Waals surface area contributed by atoms with Gasteiger partial charge in [0, 0.05) is 0 Å². The minimum atomic E-state index is -0.264. The average Bonchev–Trinajstić information content (AvgIpc) is 1.85. The summed E-state index contributed by atoms with van der Waals surface area (Å²) < 4.78 is 0. The van der Waals surface area contributed by atoms with Crippen molar-refractivity contribution in [2.75, 3.05) is 14.1 Å². The van der Waals surface area contributed by atoms with Crippen LogP contribution in [0.15, 0.2) is 0 Å². The van der Waals surface area contributed by atoms with E-state index in [-0.39, 0.29) is 11.3 Å². The fraction of sp³-hybridized carbons (Fsp3) is 0.875. The molecule has 10 heavy (non-hydrogen) atoms. The van der Waals surface area contributed by atoms with Gasteiger partial charge in [-0.05, 0) is 34.4 Å². The molecule has 0 aliphatic carbocycles. The molecular formula is C8H17NO. The first-order valence-corrected chi connectivity index (χ1v) is 3.63. The van der Waals surface area contributed by atoms with Gasteiger partial charge in [-0.25, -0.2) is 0 Å². The van der Waals surface area contributed by atoms with Gasteiger partial charge in [0.05, 0.1) is 5.54 Å². The second kappa shape index (κ2) is 3.15. The molecule has 0 aromatic rings. The maximum absolute atomic E-state index is 11.1. The zero-order chi connectivity index (χ0) is 8.36. The van der Waals surface area contributed by atoms with Gasteiger partial charge in [-0.1, -0.05) is 6.92 Å². The van der Waals surface area contributed by atoms with Gasteiger partial charge in [-0.3, -0.25) is 9.69 Å². The number of nitrogens with zero attached hydrogens (tertiary/aromatic N) is 1. The van der Waals surface area contributed by atoms with E-state index >= 15 is 0 Å². The first-order chi connectivity index (χ1) is 4.45. The number of hydrogen-bond acceptors (Lipinski definition) is 2. The summed E-state index contributed by atoms with van der Waals surface area (Å²) in [7, 11) is 3.87. The Morgan fingerprint density at radius 3 is 1.90 bits per heavy atom. The summed E-state index contributed by atoms with van der Waals surface area (Å²) in [6.45, 7) is 5.64. The number of carbonyl (C=O) groups excluding carboxylic acids is 1. The van der Waals surface area contributed by atoms with Crippen LogP contribution in [0, 0.1) is 0 Å². The van der Waals surface area contributed by atoms with Crippen LogP contribution in [0.3, 0.4) is 0 Å². The Kier molecular flexibility index (Phi) is 3.03. The molecule has 0 saturated carbocycles. The molecule has 2 heteroatoms. The third-order valence-corrected chi connectivity index (χ3v) is 2.43. The van der Waals surface area contributed by atoms with Crippen LogP contribution in [-0.2, 0) is 4.79 Å². The van der Waals surface area contributed by atoms with E-state index in [0.717, 1.165) is 6.42 Å².